The SMILES string of the molecule is CCOc1ccc(C(CO)Nc2ncc(-c3nnc(C(F)F)o3)cn2)cc1. The number of rotatable bonds is 8. The molecule has 2 heterocycles. The highest BCUT2D eigenvalue weighted by Gasteiger charge is 2.18. The third-order valence-electron chi connectivity index (χ3n) is 3.61. The van der Waals surface area contributed by atoms with Gasteiger partial charge in [-0.25, -0.2) is 9.97 Å². The lowest BCUT2D eigenvalue weighted by molar-refractivity contribution is 0.116. The zero-order valence-corrected chi connectivity index (χ0v) is 14.3. The predicted molar refractivity (Wildman–Crippen MR) is 91.3 cm³/mol. The van der Waals surface area contributed by atoms with Gasteiger partial charge in [-0.1, -0.05) is 12.1 Å². The summed E-state index contributed by atoms with van der Waals surface area (Å²) in [6.45, 7) is 2.29. The molecule has 0 saturated carbocycles. The first-order valence-electron chi connectivity index (χ1n) is 8.14. The van der Waals surface area contributed by atoms with Crippen LogP contribution in [-0.2, 0) is 0 Å². The van der Waals surface area contributed by atoms with E-state index in [2.05, 4.69) is 25.5 Å². The number of aliphatic hydroxyl groups excluding tert-OH is 1. The van der Waals surface area contributed by atoms with E-state index in [0.717, 1.165) is 11.3 Å². The maximum Gasteiger partial charge on any atom is 0.314 e. The second-order valence-corrected chi connectivity index (χ2v) is 5.42. The van der Waals surface area contributed by atoms with Crippen LogP contribution in [0.25, 0.3) is 11.5 Å². The van der Waals surface area contributed by atoms with E-state index in [1.807, 2.05) is 31.2 Å². The van der Waals surface area contributed by atoms with Gasteiger partial charge in [0, 0.05) is 12.4 Å². The number of halogens is 2. The summed E-state index contributed by atoms with van der Waals surface area (Å²) in [5.41, 5.74) is 1.13. The van der Waals surface area contributed by atoms with Crippen LogP contribution in [0, 0.1) is 0 Å². The van der Waals surface area contributed by atoms with E-state index >= 15 is 0 Å². The summed E-state index contributed by atoms with van der Waals surface area (Å²) in [4.78, 5) is 8.19. The van der Waals surface area contributed by atoms with E-state index in [1.165, 1.54) is 12.4 Å². The molecule has 1 atom stereocenters. The Morgan fingerprint density at radius 1 is 1.15 bits per heavy atom. The normalized spacial score (nSPS) is 12.2. The molecule has 1 aromatic carbocycles. The third-order valence-corrected chi connectivity index (χ3v) is 3.61. The lowest BCUT2D eigenvalue weighted by atomic mass is 10.1. The number of benzene rings is 1. The van der Waals surface area contributed by atoms with Crippen molar-refractivity contribution in [1.29, 1.82) is 0 Å². The Hall–Kier alpha value is -3.14. The highest BCUT2D eigenvalue weighted by Crippen LogP contribution is 2.24. The number of ether oxygens (including phenoxy) is 1. The maximum absolute atomic E-state index is 12.5. The molecular formula is C17H17F2N5O3. The van der Waals surface area contributed by atoms with E-state index < -0.39 is 18.4 Å². The molecule has 3 aromatic rings. The zero-order chi connectivity index (χ0) is 19.2. The van der Waals surface area contributed by atoms with Crippen molar-refractivity contribution >= 4 is 5.95 Å². The van der Waals surface area contributed by atoms with Gasteiger partial charge in [-0.2, -0.15) is 8.78 Å². The van der Waals surface area contributed by atoms with Crippen molar-refractivity contribution in [2.75, 3.05) is 18.5 Å². The fourth-order valence-corrected chi connectivity index (χ4v) is 2.31. The Kier molecular flexibility index (Phi) is 5.87. The molecule has 0 saturated heterocycles. The van der Waals surface area contributed by atoms with Gasteiger partial charge in [-0.05, 0) is 24.6 Å². The standard InChI is InChI=1S/C17H17F2N5O3/c1-2-26-12-5-3-10(4-6-12)13(9-25)22-17-20-7-11(8-21-17)15-23-24-16(27-15)14(18)19/h3-8,13-14,25H,2,9H2,1H3,(H,20,21,22). The van der Waals surface area contributed by atoms with E-state index in [4.69, 9.17) is 9.15 Å². The summed E-state index contributed by atoms with van der Waals surface area (Å²) in [7, 11) is 0. The van der Waals surface area contributed by atoms with Gasteiger partial charge in [-0.3, -0.25) is 0 Å². The van der Waals surface area contributed by atoms with Crippen LogP contribution >= 0.6 is 0 Å². The Bertz CT molecular complexity index is 856. The first-order valence-corrected chi connectivity index (χ1v) is 8.14. The molecule has 10 heteroatoms. The van der Waals surface area contributed by atoms with Crippen molar-refractivity contribution in [3.05, 3.63) is 48.1 Å². The largest absolute Gasteiger partial charge is 0.494 e. The Morgan fingerprint density at radius 3 is 2.41 bits per heavy atom. The van der Waals surface area contributed by atoms with Crippen molar-refractivity contribution in [3.63, 3.8) is 0 Å². The lowest BCUT2D eigenvalue weighted by Crippen LogP contribution is -2.16. The van der Waals surface area contributed by atoms with Crippen molar-refractivity contribution in [2.45, 2.75) is 19.4 Å². The Labute approximate surface area is 153 Å². The zero-order valence-electron chi connectivity index (χ0n) is 14.3. The molecule has 3 rings (SSSR count). The molecule has 0 bridgehead atoms. The Balaban J connectivity index is 1.70. The number of hydrogen-bond donors (Lipinski definition) is 2. The van der Waals surface area contributed by atoms with Gasteiger partial charge in [0.25, 0.3) is 11.8 Å². The number of aromatic nitrogens is 4. The highest BCUT2D eigenvalue weighted by atomic mass is 19.3. The molecular weight excluding hydrogens is 360 g/mol. The van der Waals surface area contributed by atoms with Crippen LogP contribution in [0.1, 0.15) is 30.8 Å². The molecule has 27 heavy (non-hydrogen) atoms. The highest BCUT2D eigenvalue weighted by molar-refractivity contribution is 5.50. The Morgan fingerprint density at radius 2 is 1.85 bits per heavy atom. The maximum atomic E-state index is 12.5. The molecule has 0 fully saturated rings. The molecule has 0 aliphatic carbocycles. The number of nitrogens with zero attached hydrogens (tertiary/aromatic N) is 4. The smallest absolute Gasteiger partial charge is 0.314 e. The fourth-order valence-electron chi connectivity index (χ4n) is 2.31. The number of hydrogen-bond acceptors (Lipinski definition) is 8. The average Bonchev–Trinajstić information content (AvgIpc) is 3.18. The summed E-state index contributed by atoms with van der Waals surface area (Å²) in [6, 6.07) is 6.85. The van der Waals surface area contributed by atoms with Crippen molar-refractivity contribution in [3.8, 4) is 17.2 Å². The van der Waals surface area contributed by atoms with Gasteiger partial charge < -0.3 is 19.6 Å². The molecule has 0 spiro atoms. The van der Waals surface area contributed by atoms with Gasteiger partial charge in [0.15, 0.2) is 0 Å². The number of aliphatic hydroxyl groups is 1. The van der Waals surface area contributed by atoms with Crippen LogP contribution in [0.2, 0.25) is 0 Å². The summed E-state index contributed by atoms with van der Waals surface area (Å²) in [5.74, 6) is 0.131. The van der Waals surface area contributed by atoms with Crippen molar-refractivity contribution in [1.82, 2.24) is 20.2 Å². The van der Waals surface area contributed by atoms with E-state index in [9.17, 15) is 13.9 Å². The topological polar surface area (TPSA) is 106 Å². The quantitative estimate of drug-likeness (QED) is 0.617. The van der Waals surface area contributed by atoms with Crippen LogP contribution in [-0.4, -0.2) is 38.5 Å². The summed E-state index contributed by atoms with van der Waals surface area (Å²) >= 11 is 0. The second kappa shape index (κ2) is 8.49. The van der Waals surface area contributed by atoms with Crippen LogP contribution in [0.15, 0.2) is 41.1 Å². The lowest BCUT2D eigenvalue weighted by Gasteiger charge is -2.17. The van der Waals surface area contributed by atoms with Crippen LogP contribution in [0.4, 0.5) is 14.7 Å². The van der Waals surface area contributed by atoms with Gasteiger partial charge >= 0.3 is 6.43 Å². The minimum atomic E-state index is -2.84. The molecule has 0 aliphatic heterocycles. The summed E-state index contributed by atoms with van der Waals surface area (Å²) < 4.78 is 35.2. The number of alkyl halides is 2. The monoisotopic (exact) mass is 377 g/mol. The molecule has 2 N–H and O–H groups in total. The molecule has 0 amide bonds. The van der Waals surface area contributed by atoms with Crippen molar-refractivity contribution in [2.24, 2.45) is 0 Å². The van der Waals surface area contributed by atoms with Crippen molar-refractivity contribution < 1.29 is 23.0 Å². The number of nitrogens with one attached hydrogen (secondary N) is 1. The van der Waals surface area contributed by atoms with Gasteiger partial charge in [0.2, 0.25) is 5.95 Å². The molecule has 2 aromatic heterocycles. The van der Waals surface area contributed by atoms with E-state index in [1.54, 1.807) is 0 Å². The van der Waals surface area contributed by atoms with Crippen LogP contribution in [0.5, 0.6) is 5.75 Å². The first kappa shape index (κ1) is 18.6. The summed E-state index contributed by atoms with van der Waals surface area (Å²) in [6.07, 6.45) is -0.109. The minimum absolute atomic E-state index is 0.0953. The molecule has 8 nitrogen and oxygen atoms in total. The van der Waals surface area contributed by atoms with Gasteiger partial charge in [0.05, 0.1) is 24.8 Å². The molecule has 0 radical (unpaired) electrons. The van der Waals surface area contributed by atoms with E-state index in [0.29, 0.717) is 12.2 Å². The van der Waals surface area contributed by atoms with Crippen LogP contribution < -0.4 is 10.1 Å². The van der Waals surface area contributed by atoms with E-state index in [-0.39, 0.29) is 18.4 Å². The molecule has 0 aliphatic rings. The first-order chi connectivity index (χ1) is 13.1. The summed E-state index contributed by atoms with van der Waals surface area (Å²) in [5, 5.41) is 19.4. The predicted octanol–water partition coefficient (Wildman–Crippen LogP) is 3.01. The average molecular weight is 377 g/mol. The van der Waals surface area contributed by atoms with Crippen LogP contribution in [0.3, 0.4) is 0 Å². The van der Waals surface area contributed by atoms with Gasteiger partial charge in [-0.15, -0.1) is 10.2 Å². The molecule has 1 unspecified atom stereocenters. The fraction of sp³-hybridized carbons (Fsp3) is 0.294. The second-order valence-electron chi connectivity index (χ2n) is 5.42. The number of anilines is 1. The van der Waals surface area contributed by atoms with Gasteiger partial charge in [0.1, 0.15) is 5.75 Å². The minimum Gasteiger partial charge on any atom is -0.494 e. The molecule has 142 valence electrons. The third kappa shape index (κ3) is 4.53.